The lowest BCUT2D eigenvalue weighted by molar-refractivity contribution is 0.103. The van der Waals surface area contributed by atoms with E-state index in [1.807, 2.05) is 24.3 Å². The molecule has 2 aromatic heterocycles. The number of carbonyl (C=O) groups excluding carboxylic acids is 1. The monoisotopic (exact) mass is 241 g/mol. The molecule has 0 saturated heterocycles. The zero-order valence-corrected chi connectivity index (χ0v) is 9.52. The summed E-state index contributed by atoms with van der Waals surface area (Å²) >= 11 is 1.17. The largest absolute Gasteiger partial charge is 0.287 e. The summed E-state index contributed by atoms with van der Waals surface area (Å²) in [6, 6.07) is 9.20. The van der Waals surface area contributed by atoms with Crippen molar-refractivity contribution >= 4 is 28.2 Å². The van der Waals surface area contributed by atoms with Crippen LogP contribution in [0.5, 0.6) is 0 Å². The molecular weight excluding hydrogens is 234 g/mol. The zero-order chi connectivity index (χ0) is 11.7. The van der Waals surface area contributed by atoms with Gasteiger partial charge in [-0.1, -0.05) is 10.6 Å². The van der Waals surface area contributed by atoms with Gasteiger partial charge in [0.25, 0.3) is 0 Å². The van der Waals surface area contributed by atoms with Gasteiger partial charge in [-0.2, -0.15) is 0 Å². The fourth-order valence-electron chi connectivity index (χ4n) is 1.63. The van der Waals surface area contributed by atoms with Crippen molar-refractivity contribution < 1.29 is 4.79 Å². The minimum atomic E-state index is -0.107. The van der Waals surface area contributed by atoms with Crippen molar-refractivity contribution in [2.45, 2.75) is 0 Å². The van der Waals surface area contributed by atoms with Gasteiger partial charge in [0.15, 0.2) is 0 Å². The van der Waals surface area contributed by atoms with Crippen LogP contribution in [0.3, 0.4) is 0 Å². The molecule has 0 spiro atoms. The van der Waals surface area contributed by atoms with Crippen molar-refractivity contribution in [3.63, 3.8) is 0 Å². The van der Waals surface area contributed by atoms with Gasteiger partial charge in [-0.25, -0.2) is 0 Å². The summed E-state index contributed by atoms with van der Waals surface area (Å²) in [5.41, 5.74) is 1.87. The molecule has 0 unspecified atom stereocenters. The Morgan fingerprint density at radius 3 is 3.00 bits per heavy atom. The third-order valence-corrected chi connectivity index (χ3v) is 2.96. The maximum atomic E-state index is 12.0. The van der Waals surface area contributed by atoms with Gasteiger partial charge in [-0.15, -0.1) is 5.10 Å². The topological polar surface area (TPSA) is 55.7 Å². The quantitative estimate of drug-likeness (QED) is 0.646. The number of aromatic nitrogens is 3. The Labute approximate surface area is 101 Å². The minimum Gasteiger partial charge on any atom is -0.287 e. The molecule has 0 amide bonds. The van der Waals surface area contributed by atoms with Crippen LogP contribution >= 0.6 is 11.5 Å². The van der Waals surface area contributed by atoms with Gasteiger partial charge < -0.3 is 0 Å². The first kappa shape index (κ1) is 10.0. The molecule has 0 radical (unpaired) electrons. The summed E-state index contributed by atoms with van der Waals surface area (Å²) in [4.78, 5) is 16.2. The summed E-state index contributed by atoms with van der Waals surface area (Å²) in [5, 5.41) is 6.37. The molecule has 0 saturated carbocycles. The maximum Gasteiger partial charge on any atom is 0.214 e. The Morgan fingerprint density at radius 2 is 2.18 bits per heavy atom. The lowest BCUT2D eigenvalue weighted by atomic mass is 10.1. The van der Waals surface area contributed by atoms with Crippen LogP contribution in [0.4, 0.5) is 0 Å². The Kier molecular flexibility index (Phi) is 2.38. The average molecular weight is 241 g/mol. The van der Waals surface area contributed by atoms with E-state index >= 15 is 0 Å². The Morgan fingerprint density at radius 1 is 1.24 bits per heavy atom. The van der Waals surface area contributed by atoms with Crippen LogP contribution in [0.1, 0.15) is 16.1 Å². The van der Waals surface area contributed by atoms with Crippen molar-refractivity contribution in [2.75, 3.05) is 0 Å². The van der Waals surface area contributed by atoms with Gasteiger partial charge in [0.1, 0.15) is 5.69 Å². The molecule has 0 atom stereocenters. The van der Waals surface area contributed by atoms with Gasteiger partial charge in [0.05, 0.1) is 5.52 Å². The van der Waals surface area contributed by atoms with Crippen molar-refractivity contribution in [1.82, 2.24) is 14.6 Å². The van der Waals surface area contributed by atoms with E-state index in [-0.39, 0.29) is 5.78 Å². The third kappa shape index (κ3) is 1.81. The summed E-state index contributed by atoms with van der Waals surface area (Å²) < 4.78 is 3.69. The van der Waals surface area contributed by atoms with Crippen LogP contribution < -0.4 is 0 Å². The molecule has 82 valence electrons. The molecule has 17 heavy (non-hydrogen) atoms. The van der Waals surface area contributed by atoms with Crippen molar-refractivity contribution in [3.05, 3.63) is 53.2 Å². The zero-order valence-electron chi connectivity index (χ0n) is 8.70. The predicted octanol–water partition coefficient (Wildman–Crippen LogP) is 2.32. The normalized spacial score (nSPS) is 10.6. The molecule has 0 aliphatic carbocycles. The summed E-state index contributed by atoms with van der Waals surface area (Å²) in [6.45, 7) is 0. The standard InChI is InChI=1S/C12H7N3OS/c16-12(11-7-17-15-14-11)9-3-4-10-8(6-9)2-1-5-13-10/h1-7H. The van der Waals surface area contributed by atoms with Gasteiger partial charge >= 0.3 is 0 Å². The fraction of sp³-hybridized carbons (Fsp3) is 0. The molecule has 5 heteroatoms. The Balaban J connectivity index is 2.09. The number of hydrogen-bond donors (Lipinski definition) is 0. The second-order valence-corrected chi connectivity index (χ2v) is 4.14. The van der Waals surface area contributed by atoms with E-state index in [2.05, 4.69) is 14.6 Å². The van der Waals surface area contributed by atoms with E-state index in [0.717, 1.165) is 10.9 Å². The van der Waals surface area contributed by atoms with Crippen molar-refractivity contribution in [2.24, 2.45) is 0 Å². The molecule has 0 aliphatic rings. The van der Waals surface area contributed by atoms with Gasteiger partial charge in [0, 0.05) is 22.5 Å². The van der Waals surface area contributed by atoms with Crippen LogP contribution in [-0.2, 0) is 0 Å². The third-order valence-electron chi connectivity index (χ3n) is 2.46. The predicted molar refractivity (Wildman–Crippen MR) is 65.1 cm³/mol. The highest BCUT2D eigenvalue weighted by Gasteiger charge is 2.12. The average Bonchev–Trinajstić information content (AvgIpc) is 2.91. The SMILES string of the molecule is O=C(c1ccc2ncccc2c1)c1csnn1. The van der Waals surface area contributed by atoms with Gasteiger partial charge in [-0.3, -0.25) is 9.78 Å². The van der Waals surface area contributed by atoms with E-state index in [9.17, 15) is 4.79 Å². The lowest BCUT2D eigenvalue weighted by Gasteiger charge is -2.00. The maximum absolute atomic E-state index is 12.0. The summed E-state index contributed by atoms with van der Waals surface area (Å²) in [5.74, 6) is -0.107. The second-order valence-electron chi connectivity index (χ2n) is 3.53. The number of fused-ring (bicyclic) bond motifs is 1. The molecule has 0 N–H and O–H groups in total. The highest BCUT2D eigenvalue weighted by Crippen LogP contribution is 2.16. The molecule has 2 heterocycles. The van der Waals surface area contributed by atoms with Crippen molar-refractivity contribution in [1.29, 1.82) is 0 Å². The molecular formula is C12H7N3OS. The van der Waals surface area contributed by atoms with Crippen molar-refractivity contribution in [3.8, 4) is 0 Å². The number of benzene rings is 1. The molecule has 3 rings (SSSR count). The van der Waals surface area contributed by atoms with Gasteiger partial charge in [-0.05, 0) is 35.8 Å². The molecule has 3 aromatic rings. The molecule has 1 aromatic carbocycles. The van der Waals surface area contributed by atoms with Gasteiger partial charge in [0.2, 0.25) is 5.78 Å². The van der Waals surface area contributed by atoms with E-state index in [4.69, 9.17) is 0 Å². The number of hydrogen-bond acceptors (Lipinski definition) is 5. The minimum absolute atomic E-state index is 0.107. The summed E-state index contributed by atoms with van der Waals surface area (Å²) in [6.07, 6.45) is 1.73. The van der Waals surface area contributed by atoms with Crippen LogP contribution in [0.15, 0.2) is 41.9 Å². The number of nitrogens with zero attached hydrogens (tertiary/aromatic N) is 3. The Hall–Kier alpha value is -2.14. The molecule has 0 fully saturated rings. The Bertz CT molecular complexity index is 679. The number of pyridine rings is 1. The van der Waals surface area contributed by atoms with E-state index in [1.165, 1.54) is 11.5 Å². The van der Waals surface area contributed by atoms with Crippen LogP contribution in [0, 0.1) is 0 Å². The number of carbonyl (C=O) groups is 1. The second kappa shape index (κ2) is 4.03. The molecule has 4 nitrogen and oxygen atoms in total. The lowest BCUT2D eigenvalue weighted by Crippen LogP contribution is -2.01. The first-order valence-electron chi connectivity index (χ1n) is 5.01. The van der Waals surface area contributed by atoms with Crippen LogP contribution in [-0.4, -0.2) is 20.4 Å². The smallest absolute Gasteiger partial charge is 0.214 e. The fourth-order valence-corrected chi connectivity index (χ4v) is 2.06. The van der Waals surface area contributed by atoms with E-state index in [0.29, 0.717) is 11.3 Å². The highest BCUT2D eigenvalue weighted by molar-refractivity contribution is 7.03. The van der Waals surface area contributed by atoms with Crippen LogP contribution in [0.25, 0.3) is 10.9 Å². The molecule has 0 aliphatic heterocycles. The molecule has 0 bridgehead atoms. The highest BCUT2D eigenvalue weighted by atomic mass is 32.1. The van der Waals surface area contributed by atoms with E-state index in [1.54, 1.807) is 17.6 Å². The first-order chi connectivity index (χ1) is 8.34. The number of rotatable bonds is 2. The van der Waals surface area contributed by atoms with Crippen LogP contribution in [0.2, 0.25) is 0 Å². The summed E-state index contributed by atoms with van der Waals surface area (Å²) in [7, 11) is 0. The first-order valence-corrected chi connectivity index (χ1v) is 5.85. The number of ketones is 1. The van der Waals surface area contributed by atoms with E-state index < -0.39 is 0 Å².